The first-order valence-corrected chi connectivity index (χ1v) is 7.84. The van der Waals surface area contributed by atoms with Crippen LogP contribution in [0.25, 0.3) is 0 Å². The van der Waals surface area contributed by atoms with Gasteiger partial charge in [0.25, 0.3) is 0 Å². The Labute approximate surface area is 131 Å². The fourth-order valence-corrected chi connectivity index (χ4v) is 3.19. The second kappa shape index (κ2) is 6.99. The third-order valence-electron chi connectivity index (χ3n) is 4.41. The number of hydrogen-bond donors (Lipinski definition) is 1. The van der Waals surface area contributed by atoms with Gasteiger partial charge in [0.1, 0.15) is 17.6 Å². The molecule has 0 aliphatic carbocycles. The van der Waals surface area contributed by atoms with E-state index in [1.807, 2.05) is 24.3 Å². The molecule has 0 unspecified atom stereocenters. The van der Waals surface area contributed by atoms with Crippen LogP contribution in [0, 0.1) is 0 Å². The summed E-state index contributed by atoms with van der Waals surface area (Å²) in [6.45, 7) is 2.00. The van der Waals surface area contributed by atoms with Crippen LogP contribution in [0.4, 0.5) is 0 Å². The van der Waals surface area contributed by atoms with Gasteiger partial charge < -0.3 is 14.3 Å². The van der Waals surface area contributed by atoms with Gasteiger partial charge in [0.05, 0.1) is 13.4 Å². The number of likely N-dealkylation sites (tertiary alicyclic amines) is 1. The minimum Gasteiger partial charge on any atom is -0.497 e. The minimum atomic E-state index is -0.517. The van der Waals surface area contributed by atoms with Crippen LogP contribution in [-0.4, -0.2) is 29.7 Å². The summed E-state index contributed by atoms with van der Waals surface area (Å²) < 4.78 is 10.5. The predicted octanol–water partition coefficient (Wildman–Crippen LogP) is 3.38. The first-order chi connectivity index (χ1) is 10.8. The highest BCUT2D eigenvalue weighted by molar-refractivity contribution is 5.27. The van der Waals surface area contributed by atoms with Gasteiger partial charge in [-0.05, 0) is 55.6 Å². The quantitative estimate of drug-likeness (QED) is 0.888. The van der Waals surface area contributed by atoms with Crippen LogP contribution in [-0.2, 0) is 6.54 Å². The maximum absolute atomic E-state index is 10.3. The van der Waals surface area contributed by atoms with Crippen molar-refractivity contribution in [1.29, 1.82) is 0 Å². The highest BCUT2D eigenvalue weighted by atomic mass is 16.5. The lowest BCUT2D eigenvalue weighted by Gasteiger charge is -2.26. The average Bonchev–Trinajstić information content (AvgIpc) is 3.20. The van der Waals surface area contributed by atoms with Gasteiger partial charge in [-0.15, -0.1) is 0 Å². The molecule has 1 aromatic carbocycles. The van der Waals surface area contributed by atoms with Gasteiger partial charge in [0.2, 0.25) is 0 Å². The monoisotopic (exact) mass is 301 g/mol. The highest BCUT2D eigenvalue weighted by Crippen LogP contribution is 2.29. The van der Waals surface area contributed by atoms with E-state index in [-0.39, 0.29) is 0 Å². The van der Waals surface area contributed by atoms with Crippen molar-refractivity contribution >= 4 is 0 Å². The number of ether oxygens (including phenoxy) is 1. The van der Waals surface area contributed by atoms with Crippen molar-refractivity contribution in [2.24, 2.45) is 0 Å². The number of hydrogen-bond acceptors (Lipinski definition) is 4. The minimum absolute atomic E-state index is 0.405. The highest BCUT2D eigenvalue weighted by Gasteiger charge is 2.27. The molecule has 4 heteroatoms. The molecular formula is C18H23NO3. The number of methoxy groups -OCH3 is 1. The molecule has 2 atom stereocenters. The zero-order valence-electron chi connectivity index (χ0n) is 12.9. The molecule has 1 saturated heterocycles. The van der Waals surface area contributed by atoms with Gasteiger partial charge in [-0.3, -0.25) is 4.90 Å². The smallest absolute Gasteiger partial charge is 0.132 e. The van der Waals surface area contributed by atoms with E-state index in [0.717, 1.165) is 31.7 Å². The number of rotatable bonds is 6. The predicted molar refractivity (Wildman–Crippen MR) is 84.7 cm³/mol. The van der Waals surface area contributed by atoms with E-state index in [2.05, 4.69) is 17.0 Å². The fourth-order valence-electron chi connectivity index (χ4n) is 3.19. The van der Waals surface area contributed by atoms with Crippen molar-refractivity contribution in [3.8, 4) is 5.75 Å². The Morgan fingerprint density at radius 2 is 2.14 bits per heavy atom. The van der Waals surface area contributed by atoms with Crippen LogP contribution in [0.5, 0.6) is 5.75 Å². The molecule has 22 heavy (non-hydrogen) atoms. The summed E-state index contributed by atoms with van der Waals surface area (Å²) in [6.07, 6.45) is 4.14. The number of furan rings is 1. The molecule has 1 fully saturated rings. The summed E-state index contributed by atoms with van der Waals surface area (Å²) in [7, 11) is 1.68. The second-order valence-electron chi connectivity index (χ2n) is 5.88. The summed E-state index contributed by atoms with van der Waals surface area (Å²) in [5.74, 6) is 1.55. The topological polar surface area (TPSA) is 45.8 Å². The van der Waals surface area contributed by atoms with Crippen LogP contribution in [0.1, 0.15) is 36.7 Å². The summed E-state index contributed by atoms with van der Waals surface area (Å²) >= 11 is 0. The van der Waals surface area contributed by atoms with Crippen molar-refractivity contribution in [3.63, 3.8) is 0 Å². The van der Waals surface area contributed by atoms with Crippen molar-refractivity contribution in [2.45, 2.75) is 38.0 Å². The Bertz CT molecular complexity index is 565. The molecule has 1 aliphatic rings. The largest absolute Gasteiger partial charge is 0.497 e. The molecule has 0 amide bonds. The third-order valence-corrected chi connectivity index (χ3v) is 4.41. The molecule has 0 saturated carbocycles. The molecule has 1 aliphatic heterocycles. The van der Waals surface area contributed by atoms with Gasteiger partial charge in [-0.25, -0.2) is 0 Å². The van der Waals surface area contributed by atoms with Gasteiger partial charge in [0, 0.05) is 12.6 Å². The lowest BCUT2D eigenvalue weighted by molar-refractivity contribution is 0.0995. The fraction of sp³-hybridized carbons (Fsp3) is 0.444. The van der Waals surface area contributed by atoms with E-state index in [1.165, 1.54) is 12.0 Å². The molecule has 0 bridgehead atoms. The number of benzene rings is 1. The van der Waals surface area contributed by atoms with Crippen molar-refractivity contribution in [1.82, 2.24) is 4.90 Å². The SMILES string of the molecule is COc1ccc(CN2CCC[C@@H]2C[C@@H](O)c2ccco2)cc1. The summed E-state index contributed by atoms with van der Waals surface area (Å²) in [4.78, 5) is 2.45. The van der Waals surface area contributed by atoms with Crippen molar-refractivity contribution in [2.75, 3.05) is 13.7 Å². The Morgan fingerprint density at radius 1 is 1.32 bits per heavy atom. The van der Waals surface area contributed by atoms with Crippen LogP contribution >= 0.6 is 0 Å². The lowest BCUT2D eigenvalue weighted by atomic mass is 10.0. The number of nitrogens with zero attached hydrogens (tertiary/aromatic N) is 1. The zero-order chi connectivity index (χ0) is 15.4. The van der Waals surface area contributed by atoms with Crippen LogP contribution in [0.15, 0.2) is 47.1 Å². The maximum Gasteiger partial charge on any atom is 0.132 e. The molecular weight excluding hydrogens is 278 g/mol. The summed E-state index contributed by atoms with van der Waals surface area (Å²) in [6, 6.07) is 12.3. The van der Waals surface area contributed by atoms with E-state index in [9.17, 15) is 5.11 Å². The molecule has 4 nitrogen and oxygen atoms in total. The van der Waals surface area contributed by atoms with Crippen LogP contribution < -0.4 is 4.74 Å². The van der Waals surface area contributed by atoms with Crippen molar-refractivity contribution in [3.05, 3.63) is 54.0 Å². The van der Waals surface area contributed by atoms with Crippen molar-refractivity contribution < 1.29 is 14.3 Å². The standard InChI is InChI=1S/C18H23NO3/c1-21-16-8-6-14(7-9-16)13-19-10-2-4-15(19)12-17(20)18-5-3-11-22-18/h3,5-9,11,15,17,20H,2,4,10,12-13H2,1H3/t15-,17-/m1/s1. The molecule has 2 heterocycles. The van der Waals surface area contributed by atoms with E-state index >= 15 is 0 Å². The van der Waals surface area contributed by atoms with E-state index in [4.69, 9.17) is 9.15 Å². The van der Waals surface area contributed by atoms with Crippen LogP contribution in [0.2, 0.25) is 0 Å². The Hall–Kier alpha value is -1.78. The third kappa shape index (κ3) is 3.51. The first-order valence-electron chi connectivity index (χ1n) is 7.84. The van der Waals surface area contributed by atoms with E-state index in [0.29, 0.717) is 11.8 Å². The molecule has 118 valence electrons. The Kier molecular flexibility index (Phi) is 4.80. The average molecular weight is 301 g/mol. The van der Waals surface area contributed by atoms with E-state index in [1.54, 1.807) is 13.4 Å². The van der Waals surface area contributed by atoms with Gasteiger partial charge in [-0.2, -0.15) is 0 Å². The molecule has 2 aromatic rings. The molecule has 1 aromatic heterocycles. The molecule has 0 spiro atoms. The summed E-state index contributed by atoms with van der Waals surface area (Å²) in [5.41, 5.74) is 1.28. The Morgan fingerprint density at radius 3 is 2.82 bits per heavy atom. The first kappa shape index (κ1) is 15.1. The number of aliphatic hydroxyl groups excluding tert-OH is 1. The second-order valence-corrected chi connectivity index (χ2v) is 5.88. The van der Waals surface area contributed by atoms with E-state index < -0.39 is 6.10 Å². The van der Waals surface area contributed by atoms with Gasteiger partial charge in [0.15, 0.2) is 0 Å². The molecule has 1 N–H and O–H groups in total. The zero-order valence-corrected chi connectivity index (χ0v) is 12.9. The van der Waals surface area contributed by atoms with Crippen LogP contribution in [0.3, 0.4) is 0 Å². The Balaban J connectivity index is 1.60. The van der Waals surface area contributed by atoms with Gasteiger partial charge in [-0.1, -0.05) is 12.1 Å². The van der Waals surface area contributed by atoms with Gasteiger partial charge >= 0.3 is 0 Å². The molecule has 3 rings (SSSR count). The lowest BCUT2D eigenvalue weighted by Crippen LogP contribution is -2.30. The number of aliphatic hydroxyl groups is 1. The molecule has 0 radical (unpaired) electrons. The maximum atomic E-state index is 10.3. The summed E-state index contributed by atoms with van der Waals surface area (Å²) in [5, 5.41) is 10.3. The normalized spacial score (nSPS) is 20.2.